The van der Waals surface area contributed by atoms with Gasteiger partial charge >= 0.3 is 17.9 Å². The smallest absolute Gasteiger partial charge is 0.306 e. The molecular weight excluding hydrogens is 961 g/mol. The van der Waals surface area contributed by atoms with Crippen molar-refractivity contribution in [3.63, 3.8) is 0 Å². The molecule has 6 heteroatoms. The van der Waals surface area contributed by atoms with E-state index in [1.54, 1.807) is 0 Å². The lowest BCUT2D eigenvalue weighted by atomic mass is 10.0. The van der Waals surface area contributed by atoms with Crippen molar-refractivity contribution in [1.29, 1.82) is 0 Å². The predicted octanol–water partition coefficient (Wildman–Crippen LogP) is 23.1. The van der Waals surface area contributed by atoms with Crippen LogP contribution in [0.4, 0.5) is 0 Å². The monoisotopic (exact) mass is 1090 g/mol. The molecule has 0 rings (SSSR count). The number of carbonyl (C=O) groups excluding carboxylic acids is 3. The van der Waals surface area contributed by atoms with Gasteiger partial charge in [0.15, 0.2) is 6.10 Å². The lowest BCUT2D eigenvalue weighted by Gasteiger charge is -2.18. The summed E-state index contributed by atoms with van der Waals surface area (Å²) in [6.07, 6.45) is 87.4. The third-order valence-electron chi connectivity index (χ3n) is 14.7. The molecule has 0 aliphatic carbocycles. The van der Waals surface area contributed by atoms with Gasteiger partial charge in [-0.1, -0.05) is 324 Å². The highest BCUT2D eigenvalue weighted by atomic mass is 16.6. The SMILES string of the molecule is CC/C=C\C/C=C\C/C=C\C/C=C\C/C=C\C/C=C\C/C=C\CCCCCCCCCCCCCC(=O)OCC(COC(=O)CCCCCCCCCCCCCC)OC(=O)CCCCCCCCCCCCCCCCC. The number of ether oxygens (including phenoxy) is 3. The van der Waals surface area contributed by atoms with Crippen LogP contribution in [-0.2, 0) is 28.6 Å². The number of hydrogen-bond donors (Lipinski definition) is 0. The number of hydrogen-bond acceptors (Lipinski definition) is 6. The van der Waals surface area contributed by atoms with Crippen LogP contribution in [0.15, 0.2) is 85.1 Å². The maximum absolute atomic E-state index is 12.9. The summed E-state index contributed by atoms with van der Waals surface area (Å²) in [7, 11) is 0. The minimum atomic E-state index is -0.773. The Morgan fingerprint density at radius 1 is 0.269 bits per heavy atom. The normalized spacial score (nSPS) is 12.6. The fourth-order valence-corrected chi connectivity index (χ4v) is 9.66. The standard InChI is InChI=1S/C72H126O6/c1-4-7-10-13-16-19-22-25-27-28-29-30-31-32-33-34-35-36-37-38-39-40-41-42-43-44-46-47-50-53-56-59-62-65-71(74)77-68-69(67-76-70(73)64-61-58-55-52-49-24-21-18-15-12-9-6-3)78-72(75)66-63-60-57-54-51-48-45-26-23-20-17-14-11-8-5-2/h7,10,16,19,25,27,29-30,32-33,35-36,38-39,69H,4-6,8-9,11-15,17-18,20-24,26,28,31,34,37,40-68H2,1-3H3/b10-7-,19-16-,27-25-,30-29-,33-32-,36-35-,39-38-. The van der Waals surface area contributed by atoms with E-state index in [0.29, 0.717) is 19.3 Å². The third kappa shape index (κ3) is 63.4. The molecule has 0 saturated carbocycles. The van der Waals surface area contributed by atoms with Gasteiger partial charge in [0, 0.05) is 19.3 Å². The summed E-state index contributed by atoms with van der Waals surface area (Å²) in [5.41, 5.74) is 0. The fourth-order valence-electron chi connectivity index (χ4n) is 9.66. The summed E-state index contributed by atoms with van der Waals surface area (Å²) in [6.45, 7) is 6.56. The number of carbonyl (C=O) groups is 3. The summed E-state index contributed by atoms with van der Waals surface area (Å²) < 4.78 is 16.9. The first-order valence-corrected chi connectivity index (χ1v) is 33.6. The molecule has 0 amide bonds. The van der Waals surface area contributed by atoms with Crippen molar-refractivity contribution in [1.82, 2.24) is 0 Å². The van der Waals surface area contributed by atoms with Gasteiger partial charge in [-0.15, -0.1) is 0 Å². The molecule has 0 aliphatic rings. The Hall–Kier alpha value is -3.41. The Bertz CT molecular complexity index is 1480. The summed E-state index contributed by atoms with van der Waals surface area (Å²) >= 11 is 0. The molecule has 6 nitrogen and oxygen atoms in total. The highest BCUT2D eigenvalue weighted by Gasteiger charge is 2.19. The lowest BCUT2D eigenvalue weighted by Crippen LogP contribution is -2.30. The van der Waals surface area contributed by atoms with E-state index in [1.807, 2.05) is 0 Å². The van der Waals surface area contributed by atoms with E-state index < -0.39 is 6.10 Å². The first kappa shape index (κ1) is 74.6. The van der Waals surface area contributed by atoms with E-state index in [4.69, 9.17) is 14.2 Å². The topological polar surface area (TPSA) is 78.9 Å². The number of unbranched alkanes of at least 4 members (excludes halogenated alkanes) is 36. The Morgan fingerprint density at radius 3 is 0.782 bits per heavy atom. The van der Waals surface area contributed by atoms with E-state index in [0.717, 1.165) is 103 Å². The van der Waals surface area contributed by atoms with E-state index in [2.05, 4.69) is 106 Å². The highest BCUT2D eigenvalue weighted by molar-refractivity contribution is 5.71. The fraction of sp³-hybridized carbons (Fsp3) is 0.764. The van der Waals surface area contributed by atoms with Gasteiger partial charge in [0.2, 0.25) is 0 Å². The molecule has 0 aromatic rings. The summed E-state index contributed by atoms with van der Waals surface area (Å²) in [5.74, 6) is -0.856. The van der Waals surface area contributed by atoms with Crippen LogP contribution in [0.2, 0.25) is 0 Å². The second-order valence-corrected chi connectivity index (χ2v) is 22.4. The largest absolute Gasteiger partial charge is 0.462 e. The number of allylic oxidation sites excluding steroid dienone is 14. The molecule has 0 saturated heterocycles. The molecule has 0 fully saturated rings. The third-order valence-corrected chi connectivity index (χ3v) is 14.7. The zero-order valence-electron chi connectivity index (χ0n) is 51.7. The molecule has 1 atom stereocenters. The predicted molar refractivity (Wildman–Crippen MR) is 339 cm³/mol. The maximum atomic E-state index is 12.9. The van der Waals surface area contributed by atoms with Gasteiger partial charge < -0.3 is 14.2 Å². The molecule has 0 bridgehead atoms. The Kier molecular flexibility index (Phi) is 63.2. The minimum absolute atomic E-state index is 0.0708. The van der Waals surface area contributed by atoms with Crippen LogP contribution in [0.25, 0.3) is 0 Å². The Morgan fingerprint density at radius 2 is 0.500 bits per heavy atom. The van der Waals surface area contributed by atoms with Crippen LogP contribution in [0.3, 0.4) is 0 Å². The Labute approximate surface area is 484 Å². The Balaban J connectivity index is 4.18. The van der Waals surface area contributed by atoms with E-state index >= 15 is 0 Å². The van der Waals surface area contributed by atoms with E-state index in [-0.39, 0.29) is 31.1 Å². The van der Waals surface area contributed by atoms with E-state index in [1.165, 1.54) is 193 Å². The van der Waals surface area contributed by atoms with Crippen LogP contribution in [0.1, 0.15) is 335 Å². The molecule has 0 aliphatic heterocycles. The van der Waals surface area contributed by atoms with Crippen molar-refractivity contribution < 1.29 is 28.6 Å². The van der Waals surface area contributed by atoms with Crippen molar-refractivity contribution in [2.45, 2.75) is 341 Å². The van der Waals surface area contributed by atoms with Gasteiger partial charge in [0.05, 0.1) is 0 Å². The van der Waals surface area contributed by atoms with E-state index in [9.17, 15) is 14.4 Å². The molecular formula is C72H126O6. The average Bonchev–Trinajstić information content (AvgIpc) is 3.44. The van der Waals surface area contributed by atoms with Crippen LogP contribution >= 0.6 is 0 Å². The first-order chi connectivity index (χ1) is 38.5. The van der Waals surface area contributed by atoms with Gasteiger partial charge in [-0.2, -0.15) is 0 Å². The quantitative estimate of drug-likeness (QED) is 0.0261. The maximum Gasteiger partial charge on any atom is 0.306 e. The van der Waals surface area contributed by atoms with Crippen molar-refractivity contribution in [3.8, 4) is 0 Å². The molecule has 0 spiro atoms. The highest BCUT2D eigenvalue weighted by Crippen LogP contribution is 2.17. The summed E-state index contributed by atoms with van der Waals surface area (Å²) in [6, 6.07) is 0. The van der Waals surface area contributed by atoms with Gasteiger partial charge in [-0.05, 0) is 77.0 Å². The van der Waals surface area contributed by atoms with Crippen molar-refractivity contribution in [2.24, 2.45) is 0 Å². The number of esters is 3. The molecule has 78 heavy (non-hydrogen) atoms. The van der Waals surface area contributed by atoms with Gasteiger partial charge in [-0.25, -0.2) is 0 Å². The lowest BCUT2D eigenvalue weighted by molar-refractivity contribution is -0.167. The first-order valence-electron chi connectivity index (χ1n) is 33.6. The van der Waals surface area contributed by atoms with Crippen LogP contribution in [0.5, 0.6) is 0 Å². The summed E-state index contributed by atoms with van der Waals surface area (Å²) in [5, 5.41) is 0. The molecule has 0 aromatic heterocycles. The van der Waals surface area contributed by atoms with Crippen molar-refractivity contribution >= 4 is 17.9 Å². The van der Waals surface area contributed by atoms with Gasteiger partial charge in [0.25, 0.3) is 0 Å². The second kappa shape index (κ2) is 66.1. The summed E-state index contributed by atoms with van der Waals surface area (Å²) in [4.78, 5) is 38.3. The number of rotatable bonds is 61. The van der Waals surface area contributed by atoms with Gasteiger partial charge in [0.1, 0.15) is 13.2 Å². The molecule has 0 aromatic carbocycles. The average molecular weight is 1090 g/mol. The molecule has 0 heterocycles. The zero-order chi connectivity index (χ0) is 56.4. The van der Waals surface area contributed by atoms with Crippen molar-refractivity contribution in [2.75, 3.05) is 13.2 Å². The zero-order valence-corrected chi connectivity index (χ0v) is 51.7. The van der Waals surface area contributed by atoms with Crippen LogP contribution in [-0.4, -0.2) is 37.2 Å². The van der Waals surface area contributed by atoms with Gasteiger partial charge in [-0.3, -0.25) is 14.4 Å². The molecule has 0 N–H and O–H groups in total. The molecule has 450 valence electrons. The van der Waals surface area contributed by atoms with Crippen molar-refractivity contribution in [3.05, 3.63) is 85.1 Å². The van der Waals surface area contributed by atoms with Crippen LogP contribution < -0.4 is 0 Å². The minimum Gasteiger partial charge on any atom is -0.462 e. The second-order valence-electron chi connectivity index (χ2n) is 22.4. The molecule has 0 radical (unpaired) electrons. The molecule has 1 unspecified atom stereocenters. The van der Waals surface area contributed by atoms with Crippen LogP contribution in [0, 0.1) is 0 Å².